The quantitative estimate of drug-likeness (QED) is 0.502. The lowest BCUT2D eigenvalue weighted by Gasteiger charge is -2.12. The number of nitrogens with two attached hydrogens (primary N) is 1. The molecule has 2 rings (SSSR count). The lowest BCUT2D eigenvalue weighted by molar-refractivity contribution is -0.384. The molecule has 0 aliphatic rings. The molecule has 0 atom stereocenters. The molecule has 0 aliphatic heterocycles. The van der Waals surface area contributed by atoms with Crippen molar-refractivity contribution in [2.75, 3.05) is 5.43 Å². The molecule has 0 saturated carbocycles. The first-order valence-corrected chi connectivity index (χ1v) is 6.14. The normalized spacial score (nSPS) is 10.2. The fourth-order valence-electron chi connectivity index (χ4n) is 1.84. The zero-order chi connectivity index (χ0) is 15.4. The number of nitrogens with zero attached hydrogens (tertiary/aromatic N) is 1. The average Bonchev–Trinajstić information content (AvgIpc) is 2.47. The number of rotatable bonds is 5. The third-order valence-corrected chi connectivity index (χ3v) is 2.99. The van der Waals surface area contributed by atoms with Gasteiger partial charge in [0.1, 0.15) is 18.2 Å². The van der Waals surface area contributed by atoms with Gasteiger partial charge < -0.3 is 10.2 Å². The van der Waals surface area contributed by atoms with Gasteiger partial charge >= 0.3 is 0 Å². The van der Waals surface area contributed by atoms with Crippen molar-refractivity contribution in [3.05, 3.63) is 63.5 Å². The first-order valence-electron chi connectivity index (χ1n) is 6.14. The molecule has 2 aromatic carbocycles. The smallest absolute Gasteiger partial charge is 0.269 e. The van der Waals surface area contributed by atoms with Crippen LogP contribution in [0.3, 0.4) is 0 Å². The van der Waals surface area contributed by atoms with E-state index in [0.29, 0.717) is 17.0 Å². The number of non-ortho nitro benzene ring substituents is 1. The minimum atomic E-state index is -0.503. The number of hydrazine groups is 1. The largest absolute Gasteiger partial charge is 0.488 e. The molecular weight excluding hydrogens is 277 g/mol. The van der Waals surface area contributed by atoms with E-state index in [4.69, 9.17) is 10.6 Å². The summed E-state index contributed by atoms with van der Waals surface area (Å²) in [4.78, 5) is 10.3. The Morgan fingerprint density at radius 2 is 2.10 bits per heavy atom. The second-order valence-electron chi connectivity index (χ2n) is 4.44. The van der Waals surface area contributed by atoms with Crippen LogP contribution in [0.4, 0.5) is 15.8 Å². The molecule has 0 amide bonds. The maximum Gasteiger partial charge on any atom is 0.269 e. The Morgan fingerprint density at radius 1 is 1.33 bits per heavy atom. The van der Waals surface area contributed by atoms with E-state index in [-0.39, 0.29) is 12.3 Å². The zero-order valence-electron chi connectivity index (χ0n) is 11.3. The Balaban J connectivity index is 2.24. The predicted octanol–water partition coefficient (Wildman–Crippen LogP) is 2.91. The van der Waals surface area contributed by atoms with E-state index in [1.54, 1.807) is 13.0 Å². The standard InChI is InChI=1S/C14H14FN3O3/c1-9-2-3-11(15)7-14(9)21-8-10-6-12(18(19)20)4-5-13(10)17-16/h2-7,17H,8,16H2,1H3. The molecular formula is C14H14FN3O3. The number of benzene rings is 2. The zero-order valence-corrected chi connectivity index (χ0v) is 11.3. The summed E-state index contributed by atoms with van der Waals surface area (Å²) in [5.41, 5.74) is 4.17. The predicted molar refractivity (Wildman–Crippen MR) is 76.4 cm³/mol. The van der Waals surface area contributed by atoms with E-state index in [0.717, 1.165) is 5.56 Å². The maximum absolute atomic E-state index is 13.2. The lowest BCUT2D eigenvalue weighted by atomic mass is 10.1. The van der Waals surface area contributed by atoms with Crippen LogP contribution < -0.4 is 16.0 Å². The van der Waals surface area contributed by atoms with Crippen molar-refractivity contribution >= 4 is 11.4 Å². The van der Waals surface area contributed by atoms with Crippen LogP contribution in [0.5, 0.6) is 5.75 Å². The topological polar surface area (TPSA) is 90.4 Å². The molecule has 0 radical (unpaired) electrons. The van der Waals surface area contributed by atoms with Crippen LogP contribution in [-0.2, 0) is 6.61 Å². The summed E-state index contributed by atoms with van der Waals surface area (Å²) in [5, 5.41) is 10.8. The fourth-order valence-corrected chi connectivity index (χ4v) is 1.84. The van der Waals surface area contributed by atoms with Crippen LogP contribution in [0.15, 0.2) is 36.4 Å². The molecule has 0 unspecified atom stereocenters. The molecule has 2 aromatic rings. The highest BCUT2D eigenvalue weighted by atomic mass is 19.1. The summed E-state index contributed by atoms with van der Waals surface area (Å²) >= 11 is 0. The monoisotopic (exact) mass is 291 g/mol. The summed E-state index contributed by atoms with van der Waals surface area (Å²) in [6.45, 7) is 1.82. The number of anilines is 1. The van der Waals surface area contributed by atoms with Crippen LogP contribution in [0.1, 0.15) is 11.1 Å². The number of nitrogens with one attached hydrogen (secondary N) is 1. The molecule has 0 saturated heterocycles. The van der Waals surface area contributed by atoms with Gasteiger partial charge in [-0.2, -0.15) is 0 Å². The van der Waals surface area contributed by atoms with Gasteiger partial charge in [0, 0.05) is 23.8 Å². The van der Waals surface area contributed by atoms with E-state index in [1.165, 1.54) is 30.3 Å². The summed E-state index contributed by atoms with van der Waals surface area (Å²) in [6, 6.07) is 8.40. The molecule has 0 aromatic heterocycles. The van der Waals surface area contributed by atoms with Crippen LogP contribution >= 0.6 is 0 Å². The molecule has 3 N–H and O–H groups in total. The Labute approximate surface area is 120 Å². The highest BCUT2D eigenvalue weighted by Crippen LogP contribution is 2.25. The molecule has 0 heterocycles. The van der Waals surface area contributed by atoms with Crippen LogP contribution in [-0.4, -0.2) is 4.92 Å². The van der Waals surface area contributed by atoms with E-state index in [9.17, 15) is 14.5 Å². The molecule has 21 heavy (non-hydrogen) atoms. The van der Waals surface area contributed by atoms with Gasteiger partial charge in [0.2, 0.25) is 0 Å². The summed E-state index contributed by atoms with van der Waals surface area (Å²) in [7, 11) is 0. The Kier molecular flexibility index (Phi) is 4.34. The minimum absolute atomic E-state index is 0.0332. The van der Waals surface area contributed by atoms with Gasteiger partial charge in [-0.1, -0.05) is 6.07 Å². The molecule has 0 bridgehead atoms. The van der Waals surface area contributed by atoms with Gasteiger partial charge in [0.05, 0.1) is 10.6 Å². The molecule has 0 spiro atoms. The third-order valence-electron chi connectivity index (χ3n) is 2.99. The van der Waals surface area contributed by atoms with Crippen molar-refractivity contribution in [2.45, 2.75) is 13.5 Å². The van der Waals surface area contributed by atoms with E-state index >= 15 is 0 Å². The highest BCUT2D eigenvalue weighted by molar-refractivity contribution is 5.55. The van der Waals surface area contributed by atoms with Crippen LogP contribution in [0, 0.1) is 22.9 Å². The van der Waals surface area contributed by atoms with Crippen molar-refractivity contribution in [1.29, 1.82) is 0 Å². The maximum atomic E-state index is 13.2. The summed E-state index contributed by atoms with van der Waals surface area (Å²) < 4.78 is 18.7. The first-order chi connectivity index (χ1) is 10.0. The molecule has 6 nitrogen and oxygen atoms in total. The number of aryl methyl sites for hydroxylation is 1. The van der Waals surface area contributed by atoms with E-state index in [2.05, 4.69) is 5.43 Å². The number of hydrogen-bond donors (Lipinski definition) is 2. The second kappa shape index (κ2) is 6.19. The van der Waals surface area contributed by atoms with Gasteiger partial charge in [-0.05, 0) is 24.6 Å². The van der Waals surface area contributed by atoms with Gasteiger partial charge in [-0.25, -0.2) is 4.39 Å². The number of nitro benzene ring substituents is 1. The van der Waals surface area contributed by atoms with E-state index < -0.39 is 10.7 Å². The molecule has 110 valence electrons. The SMILES string of the molecule is Cc1ccc(F)cc1OCc1cc([N+](=O)[O-])ccc1NN. The van der Waals surface area contributed by atoms with Crippen LogP contribution in [0.2, 0.25) is 0 Å². The summed E-state index contributed by atoms with van der Waals surface area (Å²) in [6.07, 6.45) is 0. The number of nitro groups is 1. The number of ether oxygens (including phenoxy) is 1. The lowest BCUT2D eigenvalue weighted by Crippen LogP contribution is -2.11. The minimum Gasteiger partial charge on any atom is -0.488 e. The Hall–Kier alpha value is -2.67. The second-order valence-corrected chi connectivity index (χ2v) is 4.44. The molecule has 0 fully saturated rings. The van der Waals surface area contributed by atoms with Crippen molar-refractivity contribution in [1.82, 2.24) is 0 Å². The van der Waals surface area contributed by atoms with Gasteiger partial charge in [0.15, 0.2) is 0 Å². The fraction of sp³-hybridized carbons (Fsp3) is 0.143. The van der Waals surface area contributed by atoms with Crippen molar-refractivity contribution in [3.63, 3.8) is 0 Å². The Bertz CT molecular complexity index is 677. The van der Waals surface area contributed by atoms with Crippen LogP contribution in [0.25, 0.3) is 0 Å². The van der Waals surface area contributed by atoms with Gasteiger partial charge in [-0.3, -0.25) is 16.0 Å². The van der Waals surface area contributed by atoms with Gasteiger partial charge in [0.25, 0.3) is 5.69 Å². The highest BCUT2D eigenvalue weighted by Gasteiger charge is 2.11. The Morgan fingerprint density at radius 3 is 2.76 bits per heavy atom. The van der Waals surface area contributed by atoms with E-state index in [1.807, 2.05) is 0 Å². The number of halogens is 1. The van der Waals surface area contributed by atoms with Crippen molar-refractivity contribution in [3.8, 4) is 5.75 Å². The van der Waals surface area contributed by atoms with Crippen molar-refractivity contribution in [2.24, 2.45) is 5.84 Å². The molecule has 7 heteroatoms. The van der Waals surface area contributed by atoms with Crippen molar-refractivity contribution < 1.29 is 14.1 Å². The molecule has 0 aliphatic carbocycles. The van der Waals surface area contributed by atoms with Gasteiger partial charge in [-0.15, -0.1) is 0 Å². The third kappa shape index (κ3) is 3.46. The summed E-state index contributed by atoms with van der Waals surface area (Å²) in [5.74, 6) is 5.33. The average molecular weight is 291 g/mol. The number of hydrogen-bond acceptors (Lipinski definition) is 5. The first kappa shape index (κ1) is 14.7. The number of nitrogen functional groups attached to an aromatic ring is 1.